The first-order valence-corrected chi connectivity index (χ1v) is 12.4. The number of anilines is 2. The van der Waals surface area contributed by atoms with Crippen LogP contribution in [0.3, 0.4) is 0 Å². The van der Waals surface area contributed by atoms with Gasteiger partial charge in [0, 0.05) is 55.3 Å². The Morgan fingerprint density at radius 3 is 2.59 bits per heavy atom. The molecule has 32 heavy (non-hydrogen) atoms. The lowest BCUT2D eigenvalue weighted by atomic mass is 10.1. The van der Waals surface area contributed by atoms with Crippen LogP contribution in [0.15, 0.2) is 66.1 Å². The maximum absolute atomic E-state index is 12.0. The molecule has 2 aromatic carbocycles. The number of hydrogen-bond donors (Lipinski definition) is 1. The third kappa shape index (κ3) is 4.03. The monoisotopic (exact) mass is 448 g/mol. The van der Waals surface area contributed by atoms with Crippen LogP contribution >= 0.6 is 0 Å². The Kier molecular flexibility index (Phi) is 5.26. The first kappa shape index (κ1) is 20.4. The zero-order valence-electron chi connectivity index (χ0n) is 17.8. The number of aromatic amines is 1. The second-order valence-electron chi connectivity index (χ2n) is 8.01. The molecular weight excluding hydrogens is 424 g/mol. The molecule has 2 aromatic heterocycles. The molecule has 1 N–H and O–H groups in total. The summed E-state index contributed by atoms with van der Waals surface area (Å²) in [6, 6.07) is 13.4. The first-order chi connectivity index (χ1) is 15.5. The summed E-state index contributed by atoms with van der Waals surface area (Å²) in [5.74, 6) is 0.923. The zero-order chi connectivity index (χ0) is 22.1. The van der Waals surface area contributed by atoms with Crippen LogP contribution in [0, 0.1) is 0 Å². The molecule has 1 fully saturated rings. The second kappa shape index (κ2) is 8.23. The van der Waals surface area contributed by atoms with Crippen molar-refractivity contribution >= 4 is 32.2 Å². The minimum absolute atomic E-state index is 0.352. The molecule has 0 bridgehead atoms. The molecule has 9 heteroatoms. The van der Waals surface area contributed by atoms with Crippen LogP contribution in [0.1, 0.15) is 6.42 Å². The molecule has 0 radical (unpaired) electrons. The predicted octanol–water partition coefficient (Wildman–Crippen LogP) is 3.14. The molecule has 1 saturated heterocycles. The van der Waals surface area contributed by atoms with E-state index >= 15 is 0 Å². The molecule has 0 spiro atoms. The van der Waals surface area contributed by atoms with E-state index in [1.54, 1.807) is 24.7 Å². The van der Waals surface area contributed by atoms with Gasteiger partial charge in [-0.05, 0) is 42.3 Å². The average Bonchev–Trinajstić information content (AvgIpc) is 3.23. The Bertz CT molecular complexity index is 1350. The highest BCUT2D eigenvalue weighted by atomic mass is 32.2. The number of hydrogen-bond acceptors (Lipinski definition) is 7. The molecule has 3 heterocycles. The topological polar surface area (TPSA) is 95.1 Å². The third-order valence-electron chi connectivity index (χ3n) is 5.85. The lowest BCUT2D eigenvalue weighted by molar-refractivity contribution is 0.602. The van der Waals surface area contributed by atoms with Crippen LogP contribution in [-0.2, 0) is 9.84 Å². The van der Waals surface area contributed by atoms with Crippen molar-refractivity contribution < 1.29 is 8.42 Å². The van der Waals surface area contributed by atoms with Gasteiger partial charge in [-0.15, -0.1) is 0 Å². The fourth-order valence-electron chi connectivity index (χ4n) is 4.18. The van der Waals surface area contributed by atoms with Crippen LogP contribution < -0.4 is 9.80 Å². The van der Waals surface area contributed by atoms with E-state index < -0.39 is 9.84 Å². The largest absolute Gasteiger partial charge is 0.370 e. The SMILES string of the molecule is CS(=O)(=O)c1cccc(N2CCCN(c3ncnc4ccc(-c5cn[nH]c5)cc34)CC2)c1. The lowest BCUT2D eigenvalue weighted by Gasteiger charge is -2.25. The molecule has 0 saturated carbocycles. The van der Waals surface area contributed by atoms with Crippen molar-refractivity contribution in [3.8, 4) is 11.1 Å². The Morgan fingerprint density at radius 1 is 0.938 bits per heavy atom. The molecule has 8 nitrogen and oxygen atoms in total. The number of rotatable bonds is 4. The van der Waals surface area contributed by atoms with Crippen LogP contribution in [-0.4, -0.2) is 61.0 Å². The summed E-state index contributed by atoms with van der Waals surface area (Å²) in [6.45, 7) is 3.28. The number of benzene rings is 2. The van der Waals surface area contributed by atoms with Gasteiger partial charge in [0.05, 0.1) is 16.6 Å². The Balaban J connectivity index is 1.43. The minimum Gasteiger partial charge on any atom is -0.370 e. The summed E-state index contributed by atoms with van der Waals surface area (Å²) in [6.07, 6.45) is 7.48. The fraction of sp³-hybridized carbons (Fsp3) is 0.261. The van der Waals surface area contributed by atoms with Crippen LogP contribution in [0.5, 0.6) is 0 Å². The smallest absolute Gasteiger partial charge is 0.175 e. The van der Waals surface area contributed by atoms with Crippen molar-refractivity contribution in [1.29, 1.82) is 0 Å². The van der Waals surface area contributed by atoms with Gasteiger partial charge in [0.15, 0.2) is 9.84 Å². The van der Waals surface area contributed by atoms with Gasteiger partial charge in [-0.1, -0.05) is 12.1 Å². The summed E-state index contributed by atoms with van der Waals surface area (Å²) >= 11 is 0. The van der Waals surface area contributed by atoms with Crippen molar-refractivity contribution in [2.24, 2.45) is 0 Å². The lowest BCUT2D eigenvalue weighted by Crippen LogP contribution is -2.31. The highest BCUT2D eigenvalue weighted by molar-refractivity contribution is 7.90. The fourth-order valence-corrected chi connectivity index (χ4v) is 4.84. The van der Waals surface area contributed by atoms with E-state index in [1.807, 2.05) is 30.5 Å². The summed E-state index contributed by atoms with van der Waals surface area (Å²) in [4.78, 5) is 14.0. The van der Waals surface area contributed by atoms with Crippen molar-refractivity contribution in [3.05, 3.63) is 61.2 Å². The molecule has 0 unspecified atom stereocenters. The highest BCUT2D eigenvalue weighted by Crippen LogP contribution is 2.29. The van der Waals surface area contributed by atoms with E-state index in [1.165, 1.54) is 6.26 Å². The summed E-state index contributed by atoms with van der Waals surface area (Å²) in [7, 11) is -3.23. The Hall–Kier alpha value is -3.46. The van der Waals surface area contributed by atoms with Crippen molar-refractivity contribution in [2.45, 2.75) is 11.3 Å². The zero-order valence-corrected chi connectivity index (χ0v) is 18.6. The Morgan fingerprint density at radius 2 is 1.78 bits per heavy atom. The molecule has 0 amide bonds. The summed E-state index contributed by atoms with van der Waals surface area (Å²) < 4.78 is 23.9. The molecule has 164 valence electrons. The molecular formula is C23H24N6O2S. The van der Waals surface area contributed by atoms with Crippen molar-refractivity contribution in [1.82, 2.24) is 20.2 Å². The number of H-pyrrole nitrogens is 1. The first-order valence-electron chi connectivity index (χ1n) is 10.5. The standard InChI is InChI=1S/C23H24N6O2S/c1-32(30,31)20-5-2-4-19(13-20)28-8-3-9-29(11-10-28)23-21-12-17(18-14-26-27-15-18)6-7-22(21)24-16-25-23/h2,4-7,12-16H,3,8-11H2,1H3,(H,26,27). The van der Waals surface area contributed by atoms with Gasteiger partial charge in [0.25, 0.3) is 0 Å². The van der Waals surface area contributed by atoms with Gasteiger partial charge < -0.3 is 9.80 Å². The van der Waals surface area contributed by atoms with E-state index in [9.17, 15) is 8.42 Å². The molecule has 1 aliphatic rings. The Labute approximate surface area is 186 Å². The van der Waals surface area contributed by atoms with Gasteiger partial charge >= 0.3 is 0 Å². The van der Waals surface area contributed by atoms with E-state index in [0.717, 1.165) is 66.1 Å². The maximum Gasteiger partial charge on any atom is 0.175 e. The van der Waals surface area contributed by atoms with Crippen LogP contribution in [0.25, 0.3) is 22.0 Å². The molecule has 0 atom stereocenters. The third-order valence-corrected chi connectivity index (χ3v) is 6.96. The summed E-state index contributed by atoms with van der Waals surface area (Å²) in [5.41, 5.74) is 3.93. The van der Waals surface area contributed by atoms with Gasteiger partial charge in [0.2, 0.25) is 0 Å². The van der Waals surface area contributed by atoms with Crippen molar-refractivity contribution in [3.63, 3.8) is 0 Å². The highest BCUT2D eigenvalue weighted by Gasteiger charge is 2.20. The molecule has 5 rings (SSSR count). The van der Waals surface area contributed by atoms with Gasteiger partial charge in [-0.3, -0.25) is 5.10 Å². The number of sulfone groups is 1. The van der Waals surface area contributed by atoms with Crippen LogP contribution in [0.2, 0.25) is 0 Å². The minimum atomic E-state index is -3.23. The van der Waals surface area contributed by atoms with Gasteiger partial charge in [0.1, 0.15) is 12.1 Å². The van der Waals surface area contributed by atoms with E-state index in [-0.39, 0.29) is 0 Å². The van der Waals surface area contributed by atoms with Gasteiger partial charge in [-0.25, -0.2) is 18.4 Å². The van der Waals surface area contributed by atoms with E-state index in [2.05, 4.69) is 36.0 Å². The maximum atomic E-state index is 12.0. The normalized spacial score (nSPS) is 15.2. The second-order valence-corrected chi connectivity index (χ2v) is 10.0. The number of nitrogens with one attached hydrogen (secondary N) is 1. The number of fused-ring (bicyclic) bond motifs is 1. The molecule has 1 aliphatic heterocycles. The van der Waals surface area contributed by atoms with E-state index in [4.69, 9.17) is 0 Å². The quantitative estimate of drug-likeness (QED) is 0.512. The van der Waals surface area contributed by atoms with Gasteiger partial charge in [-0.2, -0.15) is 5.10 Å². The predicted molar refractivity (Wildman–Crippen MR) is 126 cm³/mol. The van der Waals surface area contributed by atoms with Crippen molar-refractivity contribution in [2.75, 3.05) is 42.2 Å². The average molecular weight is 449 g/mol. The van der Waals surface area contributed by atoms with E-state index in [0.29, 0.717) is 4.90 Å². The number of nitrogens with zero attached hydrogens (tertiary/aromatic N) is 5. The molecule has 4 aromatic rings. The molecule has 0 aliphatic carbocycles. The summed E-state index contributed by atoms with van der Waals surface area (Å²) in [5, 5.41) is 7.93. The number of aromatic nitrogens is 4. The van der Waals surface area contributed by atoms with Crippen LogP contribution in [0.4, 0.5) is 11.5 Å².